The number of nitrogens with zero attached hydrogens (tertiary/aromatic N) is 2. The molecule has 2 unspecified atom stereocenters. The van der Waals surface area contributed by atoms with Gasteiger partial charge in [0.1, 0.15) is 11.8 Å². The van der Waals surface area contributed by atoms with E-state index < -0.39 is 34.8 Å². The quantitative estimate of drug-likeness (QED) is 0.195. The van der Waals surface area contributed by atoms with Crippen molar-refractivity contribution in [3.05, 3.63) is 120 Å². The second-order valence-corrected chi connectivity index (χ2v) is 13.8. The van der Waals surface area contributed by atoms with Crippen LogP contribution in [0.5, 0.6) is 0 Å². The van der Waals surface area contributed by atoms with Crippen molar-refractivity contribution >= 4 is 97.8 Å². The smallest absolute Gasteiger partial charge is 0.308 e. The Morgan fingerprint density at radius 2 is 1.59 bits per heavy atom. The van der Waals surface area contributed by atoms with E-state index in [1.165, 1.54) is 4.57 Å². The molecule has 0 aliphatic carbocycles. The maximum absolute atomic E-state index is 14.0. The van der Waals surface area contributed by atoms with Gasteiger partial charge in [-0.2, -0.15) is 0 Å². The minimum absolute atomic E-state index is 0.238. The first-order valence-corrected chi connectivity index (χ1v) is 16.3. The van der Waals surface area contributed by atoms with E-state index in [4.69, 9.17) is 34.8 Å². The second-order valence-electron chi connectivity index (χ2n) is 10.4. The highest BCUT2D eigenvalue weighted by atomic mass is 35.5. The standard InChI is InChI=1S/C32H20Cl3N3O4S2/c33-18-9-12-20(13-10-18)38-29(40)25-24(21-6-3-7-22(34)26(21)35)28-31(43-27(25)30(38)41)37(32(42)44-28)15-23(39)36-19-11-8-16-4-1-2-5-17(16)14-19/h1-14,24-25,27H,15H2,(H,36,39)/t24-,25?,27?/m1/s1. The van der Waals surface area contributed by atoms with Crippen LogP contribution in [0.4, 0.5) is 11.4 Å². The van der Waals surface area contributed by atoms with E-state index in [1.54, 1.807) is 48.5 Å². The lowest BCUT2D eigenvalue weighted by atomic mass is 9.83. The fourth-order valence-electron chi connectivity index (χ4n) is 5.81. The Kier molecular flexibility index (Phi) is 7.54. The molecule has 220 valence electrons. The van der Waals surface area contributed by atoms with Crippen molar-refractivity contribution in [2.24, 2.45) is 5.92 Å². The Morgan fingerprint density at radius 1 is 0.841 bits per heavy atom. The Balaban J connectivity index is 1.28. The van der Waals surface area contributed by atoms with Gasteiger partial charge < -0.3 is 5.32 Å². The fourth-order valence-corrected chi connectivity index (χ4v) is 9.12. The van der Waals surface area contributed by atoms with Crippen molar-refractivity contribution in [1.29, 1.82) is 0 Å². The number of carbonyl (C=O) groups excluding carboxylic acids is 3. The predicted octanol–water partition coefficient (Wildman–Crippen LogP) is 7.46. The van der Waals surface area contributed by atoms with Gasteiger partial charge in [-0.15, -0.1) is 0 Å². The van der Waals surface area contributed by atoms with Gasteiger partial charge in [-0.3, -0.25) is 23.7 Å². The Bertz CT molecular complexity index is 2060. The number of hydrogen-bond donors (Lipinski definition) is 1. The molecule has 3 amide bonds. The monoisotopic (exact) mass is 679 g/mol. The SMILES string of the molecule is O=C(Cn1c2c(sc1=O)[C@H](c1cccc(Cl)c1Cl)C1C(=O)N(c3ccc(Cl)cc3)C(=O)C1S2)Nc1ccc2ccccc2c1. The summed E-state index contributed by atoms with van der Waals surface area (Å²) >= 11 is 21.2. The van der Waals surface area contributed by atoms with Crippen LogP contribution in [0.2, 0.25) is 15.1 Å². The lowest BCUT2D eigenvalue weighted by Crippen LogP contribution is -2.33. The minimum atomic E-state index is -0.866. The number of benzene rings is 4. The minimum Gasteiger partial charge on any atom is -0.325 e. The summed E-state index contributed by atoms with van der Waals surface area (Å²) < 4.78 is 1.37. The molecule has 7 nitrogen and oxygen atoms in total. The van der Waals surface area contributed by atoms with E-state index in [0.29, 0.717) is 31.9 Å². The first kappa shape index (κ1) is 29.1. The topological polar surface area (TPSA) is 88.5 Å². The summed E-state index contributed by atoms with van der Waals surface area (Å²) in [5.74, 6) is -2.84. The molecular weight excluding hydrogens is 661 g/mol. The molecular formula is C32H20Cl3N3O4S2. The molecule has 4 aromatic carbocycles. The molecule has 0 radical (unpaired) electrons. The van der Waals surface area contributed by atoms with Crippen LogP contribution < -0.4 is 15.1 Å². The number of aromatic nitrogens is 1. The summed E-state index contributed by atoms with van der Waals surface area (Å²) in [5.41, 5.74) is 1.52. The van der Waals surface area contributed by atoms with Gasteiger partial charge >= 0.3 is 4.87 Å². The van der Waals surface area contributed by atoms with E-state index >= 15 is 0 Å². The van der Waals surface area contributed by atoms with E-state index in [-0.39, 0.29) is 21.5 Å². The second kappa shape index (κ2) is 11.4. The third-order valence-electron chi connectivity index (χ3n) is 7.79. The molecule has 3 heterocycles. The normalized spacial score (nSPS) is 19.2. The van der Waals surface area contributed by atoms with Gasteiger partial charge in [0.05, 0.1) is 26.7 Å². The van der Waals surface area contributed by atoms with Crippen LogP contribution in [-0.4, -0.2) is 27.5 Å². The van der Waals surface area contributed by atoms with Crippen molar-refractivity contribution in [3.63, 3.8) is 0 Å². The molecule has 0 saturated carbocycles. The van der Waals surface area contributed by atoms with Crippen LogP contribution >= 0.6 is 57.9 Å². The number of thioether (sulfide) groups is 1. The summed E-state index contributed by atoms with van der Waals surface area (Å²) in [6, 6.07) is 24.9. The molecule has 1 aromatic heterocycles. The van der Waals surface area contributed by atoms with Gasteiger partial charge in [-0.25, -0.2) is 4.90 Å². The third-order valence-corrected chi connectivity index (χ3v) is 11.5. The Morgan fingerprint density at radius 3 is 2.36 bits per heavy atom. The number of thiazole rings is 1. The van der Waals surface area contributed by atoms with Crippen LogP contribution in [0.25, 0.3) is 10.8 Å². The maximum Gasteiger partial charge on any atom is 0.308 e. The first-order valence-electron chi connectivity index (χ1n) is 13.5. The van der Waals surface area contributed by atoms with Gasteiger partial charge in [0.2, 0.25) is 17.7 Å². The number of amides is 3. The number of anilines is 2. The van der Waals surface area contributed by atoms with E-state index in [2.05, 4.69) is 5.32 Å². The fraction of sp³-hybridized carbons (Fsp3) is 0.125. The zero-order valence-corrected chi connectivity index (χ0v) is 26.4. The van der Waals surface area contributed by atoms with Gasteiger partial charge in [0.15, 0.2) is 0 Å². The summed E-state index contributed by atoms with van der Waals surface area (Å²) in [6.45, 7) is -0.277. The molecule has 0 spiro atoms. The maximum atomic E-state index is 14.0. The molecule has 12 heteroatoms. The number of hydrogen-bond acceptors (Lipinski definition) is 6. The van der Waals surface area contributed by atoms with Crippen molar-refractivity contribution in [3.8, 4) is 0 Å². The zero-order chi connectivity index (χ0) is 30.7. The van der Waals surface area contributed by atoms with Crippen LogP contribution in [-0.2, 0) is 20.9 Å². The molecule has 7 rings (SSSR count). The summed E-state index contributed by atoms with van der Waals surface area (Å²) in [7, 11) is 0. The van der Waals surface area contributed by atoms with Crippen LogP contribution in [0.1, 0.15) is 16.4 Å². The summed E-state index contributed by atoms with van der Waals surface area (Å²) in [5, 5.41) is 5.46. The highest BCUT2D eigenvalue weighted by Crippen LogP contribution is 2.55. The average molecular weight is 681 g/mol. The summed E-state index contributed by atoms with van der Waals surface area (Å²) in [4.78, 5) is 56.0. The highest BCUT2D eigenvalue weighted by Gasteiger charge is 2.57. The molecule has 5 aromatic rings. The van der Waals surface area contributed by atoms with Crippen LogP contribution in [0.3, 0.4) is 0 Å². The molecule has 1 N–H and O–H groups in total. The van der Waals surface area contributed by atoms with Crippen molar-refractivity contribution in [2.75, 3.05) is 10.2 Å². The zero-order valence-electron chi connectivity index (χ0n) is 22.5. The van der Waals surface area contributed by atoms with Gasteiger partial charge in [0, 0.05) is 21.5 Å². The number of nitrogens with one attached hydrogen (secondary N) is 1. The summed E-state index contributed by atoms with van der Waals surface area (Å²) in [6.07, 6.45) is 0. The third kappa shape index (κ3) is 4.93. The van der Waals surface area contributed by atoms with Gasteiger partial charge in [-0.05, 0) is 58.8 Å². The number of fused-ring (bicyclic) bond motifs is 3. The molecule has 1 saturated heterocycles. The molecule has 44 heavy (non-hydrogen) atoms. The van der Waals surface area contributed by atoms with E-state index in [1.807, 2.05) is 36.4 Å². The Hall–Kier alpha value is -3.60. The Labute approximate surface area is 274 Å². The lowest BCUT2D eigenvalue weighted by Gasteiger charge is -2.31. The highest BCUT2D eigenvalue weighted by molar-refractivity contribution is 8.00. The molecule has 3 atom stereocenters. The number of imide groups is 1. The van der Waals surface area contributed by atoms with Gasteiger partial charge in [-0.1, -0.05) is 100 Å². The predicted molar refractivity (Wildman–Crippen MR) is 177 cm³/mol. The molecule has 0 bridgehead atoms. The average Bonchev–Trinajstić information content (AvgIpc) is 3.45. The largest absolute Gasteiger partial charge is 0.325 e. The molecule has 1 fully saturated rings. The lowest BCUT2D eigenvalue weighted by molar-refractivity contribution is -0.122. The number of halogens is 3. The van der Waals surface area contributed by atoms with E-state index in [9.17, 15) is 19.2 Å². The number of rotatable bonds is 5. The first-order chi connectivity index (χ1) is 21.2. The van der Waals surface area contributed by atoms with Gasteiger partial charge in [0.25, 0.3) is 0 Å². The van der Waals surface area contributed by atoms with Crippen molar-refractivity contribution in [2.45, 2.75) is 22.7 Å². The number of carbonyl (C=O) groups is 3. The molecule has 2 aliphatic heterocycles. The molecule has 2 aliphatic rings. The van der Waals surface area contributed by atoms with Crippen molar-refractivity contribution in [1.82, 2.24) is 4.57 Å². The van der Waals surface area contributed by atoms with Crippen molar-refractivity contribution < 1.29 is 14.4 Å². The van der Waals surface area contributed by atoms with Crippen LogP contribution in [0.15, 0.2) is 94.7 Å². The van der Waals surface area contributed by atoms with E-state index in [0.717, 1.165) is 38.8 Å². The van der Waals surface area contributed by atoms with Crippen LogP contribution in [0, 0.1) is 5.92 Å².